The first-order chi connectivity index (χ1) is 10.4. The molecule has 0 saturated carbocycles. The van der Waals surface area contributed by atoms with Gasteiger partial charge in [-0.05, 0) is 0 Å². The number of alkyl halides is 1. The van der Waals surface area contributed by atoms with Crippen molar-refractivity contribution in [1.29, 1.82) is 0 Å². The van der Waals surface area contributed by atoms with Crippen LogP contribution in [0.5, 0.6) is 0 Å². The highest BCUT2D eigenvalue weighted by Gasteiger charge is 2.49. The van der Waals surface area contributed by atoms with Crippen LogP contribution >= 0.6 is 19.4 Å². The summed E-state index contributed by atoms with van der Waals surface area (Å²) >= 11 is 5.52. The molecule has 10 nitrogen and oxygen atoms in total. The van der Waals surface area contributed by atoms with Gasteiger partial charge < -0.3 is 19.6 Å². The van der Waals surface area contributed by atoms with E-state index in [1.54, 1.807) is 4.98 Å². The third-order valence-electron chi connectivity index (χ3n) is 2.66. The summed E-state index contributed by atoms with van der Waals surface area (Å²) in [5, 5.41) is 9.34. The number of aliphatic hydroxyl groups excluding tert-OH is 1. The second-order valence-electron chi connectivity index (χ2n) is 4.41. The van der Waals surface area contributed by atoms with Crippen molar-refractivity contribution in [2.45, 2.75) is 24.6 Å². The molecule has 0 aromatic carbocycles. The number of H-pyrrole nitrogens is 1. The van der Waals surface area contributed by atoms with Crippen LogP contribution < -0.4 is 11.2 Å². The van der Waals surface area contributed by atoms with E-state index in [9.17, 15) is 23.7 Å². The summed E-state index contributed by atoms with van der Waals surface area (Å²) in [4.78, 5) is 41.8. The summed E-state index contributed by atoms with van der Waals surface area (Å²) in [6, 6.07) is 0. The van der Waals surface area contributed by atoms with Gasteiger partial charge in [-0.3, -0.25) is 18.9 Å². The van der Waals surface area contributed by atoms with Crippen LogP contribution in [0.4, 0.5) is 4.39 Å². The van der Waals surface area contributed by atoms with Crippen LogP contribution in [0.1, 0.15) is 14.0 Å². The predicted molar refractivity (Wildman–Crippen MR) is 68.9 cm³/mol. The Balaban J connectivity index is 2.36. The number of halogens is 2. The second kappa shape index (κ2) is 5.85. The number of aromatic amines is 1. The van der Waals surface area contributed by atoms with Gasteiger partial charge in [-0.2, -0.15) is 0 Å². The molecule has 1 aromatic heterocycles. The van der Waals surface area contributed by atoms with E-state index in [1.807, 2.05) is 0 Å². The van der Waals surface area contributed by atoms with E-state index >= 15 is 0 Å². The molecule has 0 bridgehead atoms. The van der Waals surface area contributed by atoms with Gasteiger partial charge in [-0.1, -0.05) is 11.6 Å². The molecular formula is C9H11ClFN2O8P. The van der Waals surface area contributed by atoms with E-state index < -0.39 is 55.3 Å². The maximum Gasteiger partial charge on any atom is 0.469 e. The third kappa shape index (κ3) is 3.82. The Hall–Kier alpha value is -1.07. The minimum Gasteiger partial charge on any atom is -0.388 e. The number of rotatable bonds is 4. The Morgan fingerprint density at radius 2 is 2.32 bits per heavy atom. The molecule has 0 aliphatic carbocycles. The van der Waals surface area contributed by atoms with Crippen LogP contribution in [-0.2, 0) is 13.8 Å². The zero-order valence-corrected chi connectivity index (χ0v) is 12.3. The average Bonchev–Trinajstić information content (AvgIpc) is 2.63. The van der Waals surface area contributed by atoms with Gasteiger partial charge in [-0.15, -0.1) is 0 Å². The highest BCUT2D eigenvalue weighted by Crippen LogP contribution is 2.43. The van der Waals surface area contributed by atoms with E-state index in [2.05, 4.69) is 9.26 Å². The summed E-state index contributed by atoms with van der Waals surface area (Å²) in [6.45, 7) is -1.29. The quantitative estimate of drug-likeness (QED) is 0.511. The zero-order valence-electron chi connectivity index (χ0n) is 11.6. The lowest BCUT2D eigenvalue weighted by Crippen LogP contribution is -2.36. The molecule has 1 aromatic rings. The van der Waals surface area contributed by atoms with E-state index in [4.69, 9.17) is 22.8 Å². The number of nitrogens with one attached hydrogen (secondary N) is 1. The van der Waals surface area contributed by atoms with Crippen molar-refractivity contribution in [3.05, 3.63) is 32.1 Å². The number of phosphoric acid groups is 1. The number of hydrogen-bond donors (Lipinski definition) is 4. The van der Waals surface area contributed by atoms with Gasteiger partial charge in [-0.25, -0.2) is 13.8 Å². The largest absolute Gasteiger partial charge is 0.469 e. The van der Waals surface area contributed by atoms with Gasteiger partial charge in [0.15, 0.2) is 6.20 Å². The van der Waals surface area contributed by atoms with Crippen LogP contribution in [-0.4, -0.2) is 43.0 Å². The van der Waals surface area contributed by atoms with Gasteiger partial charge in [0.2, 0.25) is 5.85 Å². The van der Waals surface area contributed by atoms with Crippen LogP contribution in [0, 0.1) is 0 Å². The number of phosphoric ester groups is 1. The second-order valence-corrected chi connectivity index (χ2v) is 6.06. The van der Waals surface area contributed by atoms with Gasteiger partial charge in [0, 0.05) is 12.6 Å². The van der Waals surface area contributed by atoms with Crippen molar-refractivity contribution >= 4 is 19.4 Å². The van der Waals surface area contributed by atoms with E-state index in [0.717, 1.165) is 0 Å². The topological polar surface area (TPSA) is 151 Å². The molecule has 124 valence electrons. The van der Waals surface area contributed by atoms with Gasteiger partial charge >= 0.3 is 13.5 Å². The van der Waals surface area contributed by atoms with Crippen LogP contribution in [0.15, 0.2) is 15.8 Å². The third-order valence-corrected chi connectivity index (χ3v) is 3.39. The molecule has 2 rings (SSSR count). The summed E-state index contributed by atoms with van der Waals surface area (Å²) < 4.78 is 41.9. The van der Waals surface area contributed by atoms with Crippen molar-refractivity contribution in [3.63, 3.8) is 0 Å². The number of aliphatic hydroxyl groups is 1. The molecule has 0 amide bonds. The molecule has 4 N–H and O–H groups in total. The Kier molecular flexibility index (Phi) is 4.21. The summed E-state index contributed by atoms with van der Waals surface area (Å²) in [6.07, 6.45) is -4.89. The monoisotopic (exact) mass is 361 g/mol. The summed E-state index contributed by atoms with van der Waals surface area (Å²) in [5.74, 6) is -2.95. The molecule has 22 heavy (non-hydrogen) atoms. The smallest absolute Gasteiger partial charge is 0.388 e. The van der Waals surface area contributed by atoms with Crippen molar-refractivity contribution in [2.24, 2.45) is 0 Å². The van der Waals surface area contributed by atoms with Gasteiger partial charge in [0.25, 0.3) is 5.56 Å². The van der Waals surface area contributed by atoms with Gasteiger partial charge in [0.05, 0.1) is 1.37 Å². The van der Waals surface area contributed by atoms with Crippen molar-refractivity contribution in [3.8, 4) is 0 Å². The molecule has 1 aliphatic rings. The number of aromatic nitrogens is 2. The molecule has 3 atom stereocenters. The Labute approximate surface area is 127 Å². The maximum absolute atomic E-state index is 14.4. The molecule has 1 fully saturated rings. The van der Waals surface area contributed by atoms with Crippen molar-refractivity contribution in [1.82, 2.24) is 9.55 Å². The van der Waals surface area contributed by atoms with Crippen molar-refractivity contribution < 1.29 is 34.5 Å². The normalized spacial score (nSPS) is 33.0. The fraction of sp³-hybridized carbons (Fsp3) is 0.556. The van der Waals surface area contributed by atoms with Crippen LogP contribution in [0.2, 0.25) is 5.02 Å². The lowest BCUT2D eigenvalue weighted by molar-refractivity contribution is -0.178. The fourth-order valence-electron chi connectivity index (χ4n) is 1.76. The molecule has 0 spiro atoms. The van der Waals surface area contributed by atoms with E-state index in [1.165, 1.54) is 0 Å². The lowest BCUT2D eigenvalue weighted by atomic mass is 10.2. The molecule has 13 heteroatoms. The fourth-order valence-corrected chi connectivity index (χ4v) is 2.27. The maximum atomic E-state index is 14.4. The predicted octanol–water partition coefficient (Wildman–Crippen LogP) is -0.755. The number of ether oxygens (including phenoxy) is 1. The van der Waals surface area contributed by atoms with Crippen LogP contribution in [0.25, 0.3) is 0 Å². The molecule has 2 heterocycles. The summed E-state index contributed by atoms with van der Waals surface area (Å²) in [7, 11) is -5.02. The minimum absolute atomic E-state index is 0.347. The zero-order chi connectivity index (χ0) is 17.6. The SMILES string of the molecule is [2H][C@@]1(n2cc(Cl)c(=O)[nH]c2=O)O[C@](F)(COP(=O)(O)O)C[C@H]1O. The minimum atomic E-state index is -5.02. The number of hydrogen-bond acceptors (Lipinski definition) is 6. The Bertz CT molecular complexity index is 782. The lowest BCUT2D eigenvalue weighted by Gasteiger charge is -2.21. The van der Waals surface area contributed by atoms with E-state index in [0.29, 0.717) is 10.8 Å². The first-order valence-electron chi connectivity index (χ1n) is 6.15. The highest BCUT2D eigenvalue weighted by atomic mass is 35.5. The van der Waals surface area contributed by atoms with Gasteiger partial charge in [0.1, 0.15) is 17.7 Å². The Morgan fingerprint density at radius 1 is 1.68 bits per heavy atom. The molecule has 0 radical (unpaired) electrons. The molecular weight excluding hydrogens is 350 g/mol. The first kappa shape index (κ1) is 15.8. The molecule has 1 saturated heterocycles. The van der Waals surface area contributed by atoms with Crippen LogP contribution in [0.3, 0.4) is 0 Å². The Morgan fingerprint density at radius 3 is 2.91 bits per heavy atom. The molecule has 1 aliphatic heterocycles. The highest BCUT2D eigenvalue weighted by molar-refractivity contribution is 7.46. The molecule has 0 unspecified atom stereocenters. The standard InChI is InChI=1S/C9H11ClFN2O8P/c10-4-2-13(8(16)12-6(4)15)7-5(14)1-9(11,21-7)3-20-22(17,18)19/h2,5,7,14H,1,3H2,(H,12,15,16)(H2,17,18,19)/t5-,7-,9+/m1/s1/i7D. The summed E-state index contributed by atoms with van der Waals surface area (Å²) in [5.41, 5.74) is -2.16. The number of nitrogens with zero attached hydrogens (tertiary/aromatic N) is 1. The van der Waals surface area contributed by atoms with E-state index in [-0.39, 0.29) is 0 Å². The first-order valence-corrected chi connectivity index (χ1v) is 7.56. The van der Waals surface area contributed by atoms with Crippen molar-refractivity contribution in [2.75, 3.05) is 6.61 Å². The average molecular weight is 362 g/mol.